The Kier molecular flexibility index (Phi) is 5.09. The van der Waals surface area contributed by atoms with E-state index >= 15 is 0 Å². The van der Waals surface area contributed by atoms with Crippen molar-refractivity contribution in [3.63, 3.8) is 0 Å². The zero-order chi connectivity index (χ0) is 19.4. The molecular formula is C19H16N2O5S. The van der Waals surface area contributed by atoms with E-state index in [4.69, 9.17) is 0 Å². The third-order valence-electron chi connectivity index (χ3n) is 3.95. The molecule has 0 aliphatic heterocycles. The van der Waals surface area contributed by atoms with Crippen molar-refractivity contribution < 1.29 is 18.4 Å². The van der Waals surface area contributed by atoms with Crippen LogP contribution in [0.4, 0.5) is 11.4 Å². The molecule has 3 aromatic rings. The van der Waals surface area contributed by atoms with Gasteiger partial charge in [0.05, 0.1) is 15.5 Å². The van der Waals surface area contributed by atoms with Gasteiger partial charge in [-0.3, -0.25) is 14.8 Å². The van der Waals surface area contributed by atoms with E-state index < -0.39 is 26.4 Å². The van der Waals surface area contributed by atoms with E-state index in [9.17, 15) is 23.6 Å². The van der Waals surface area contributed by atoms with Crippen molar-refractivity contribution in [2.75, 3.05) is 4.72 Å². The highest BCUT2D eigenvalue weighted by Crippen LogP contribution is 2.30. The molecule has 0 atom stereocenters. The number of anilines is 1. The number of nitro benzene ring substituents is 1. The molecule has 3 aromatic carbocycles. The first-order valence-electron chi connectivity index (χ1n) is 7.99. The Balaban J connectivity index is 1.93. The quantitative estimate of drug-likeness (QED) is 0.497. The van der Waals surface area contributed by atoms with Crippen LogP contribution in [0, 0.1) is 10.1 Å². The van der Waals surface area contributed by atoms with E-state index in [-0.39, 0.29) is 4.90 Å². The second-order valence-electron chi connectivity index (χ2n) is 5.83. The van der Waals surface area contributed by atoms with Gasteiger partial charge in [-0.2, -0.15) is 0 Å². The van der Waals surface area contributed by atoms with E-state index in [0.717, 1.165) is 29.3 Å². The van der Waals surface area contributed by atoms with Gasteiger partial charge in [0.2, 0.25) is 0 Å². The maximum atomic E-state index is 12.7. The molecule has 0 aliphatic rings. The third-order valence-corrected chi connectivity index (χ3v) is 5.32. The minimum absolute atomic E-state index is 0.304. The lowest BCUT2D eigenvalue weighted by Gasteiger charge is -2.13. The van der Waals surface area contributed by atoms with Crippen molar-refractivity contribution >= 4 is 21.4 Å². The fourth-order valence-electron chi connectivity index (χ4n) is 2.61. The van der Waals surface area contributed by atoms with Crippen molar-refractivity contribution in [3.8, 4) is 5.75 Å². The van der Waals surface area contributed by atoms with Gasteiger partial charge in [-0.15, -0.1) is 0 Å². The van der Waals surface area contributed by atoms with Crippen LogP contribution in [0.5, 0.6) is 5.75 Å². The normalized spacial score (nSPS) is 11.1. The van der Waals surface area contributed by atoms with Crippen LogP contribution in [0.25, 0.3) is 0 Å². The molecule has 0 fully saturated rings. The summed E-state index contributed by atoms with van der Waals surface area (Å²) in [5.74, 6) is -0.594. The van der Waals surface area contributed by atoms with Gasteiger partial charge in [0, 0.05) is 6.07 Å². The molecule has 27 heavy (non-hydrogen) atoms. The van der Waals surface area contributed by atoms with E-state index in [0.29, 0.717) is 12.1 Å². The number of aromatic hydroxyl groups is 1. The molecule has 0 amide bonds. The number of sulfonamides is 1. The van der Waals surface area contributed by atoms with Crippen LogP contribution in [0.1, 0.15) is 11.1 Å². The number of nitro groups is 1. The number of rotatable bonds is 6. The Morgan fingerprint density at radius 3 is 2.33 bits per heavy atom. The van der Waals surface area contributed by atoms with Gasteiger partial charge < -0.3 is 5.11 Å². The lowest BCUT2D eigenvalue weighted by molar-refractivity contribution is -0.386. The molecule has 0 bridgehead atoms. The molecule has 0 saturated heterocycles. The minimum atomic E-state index is -4.07. The maximum absolute atomic E-state index is 12.7. The SMILES string of the molecule is O=[N+]([O-])c1cc(S(=O)(=O)Nc2ccccc2Cc2ccccc2)ccc1O. The van der Waals surface area contributed by atoms with Crippen LogP contribution in [0.2, 0.25) is 0 Å². The summed E-state index contributed by atoms with van der Waals surface area (Å²) < 4.78 is 27.8. The van der Waals surface area contributed by atoms with Gasteiger partial charge in [-0.1, -0.05) is 48.5 Å². The molecule has 0 aromatic heterocycles. The second kappa shape index (κ2) is 7.46. The maximum Gasteiger partial charge on any atom is 0.312 e. The van der Waals surface area contributed by atoms with Gasteiger partial charge in [0.15, 0.2) is 5.75 Å². The monoisotopic (exact) mass is 384 g/mol. The molecule has 8 heteroatoms. The van der Waals surface area contributed by atoms with Crippen molar-refractivity contribution in [1.82, 2.24) is 0 Å². The van der Waals surface area contributed by atoms with Gasteiger partial charge in [-0.25, -0.2) is 8.42 Å². The number of nitrogens with zero attached hydrogens (tertiary/aromatic N) is 1. The fourth-order valence-corrected chi connectivity index (χ4v) is 3.73. The first kappa shape index (κ1) is 18.4. The summed E-state index contributed by atoms with van der Waals surface area (Å²) in [5, 5.41) is 20.5. The van der Waals surface area contributed by atoms with E-state index in [1.54, 1.807) is 12.1 Å². The summed E-state index contributed by atoms with van der Waals surface area (Å²) in [6.45, 7) is 0. The largest absolute Gasteiger partial charge is 0.502 e. The Hall–Kier alpha value is -3.39. The van der Waals surface area contributed by atoms with Gasteiger partial charge in [0.25, 0.3) is 10.0 Å². The van der Waals surface area contributed by atoms with Gasteiger partial charge >= 0.3 is 5.69 Å². The number of nitrogens with one attached hydrogen (secondary N) is 1. The summed E-state index contributed by atoms with van der Waals surface area (Å²) in [4.78, 5) is 9.81. The van der Waals surface area contributed by atoms with Crippen molar-refractivity contribution in [2.24, 2.45) is 0 Å². The Bertz CT molecular complexity index is 1080. The van der Waals surface area contributed by atoms with Crippen LogP contribution in [0.3, 0.4) is 0 Å². The van der Waals surface area contributed by atoms with Crippen LogP contribution < -0.4 is 4.72 Å². The second-order valence-corrected chi connectivity index (χ2v) is 7.52. The Labute approximate surface area is 156 Å². The summed E-state index contributed by atoms with van der Waals surface area (Å²) in [6.07, 6.45) is 0.523. The zero-order valence-electron chi connectivity index (χ0n) is 14.1. The van der Waals surface area contributed by atoms with E-state index in [2.05, 4.69) is 4.72 Å². The predicted octanol–water partition coefficient (Wildman–Crippen LogP) is 3.69. The molecule has 138 valence electrons. The van der Waals surface area contributed by atoms with Crippen LogP contribution in [-0.4, -0.2) is 18.4 Å². The zero-order valence-corrected chi connectivity index (χ0v) is 14.9. The average Bonchev–Trinajstić information content (AvgIpc) is 2.64. The molecule has 0 aliphatic carbocycles. The number of para-hydroxylation sites is 1. The standard InChI is InChI=1S/C19H16N2O5S/c22-19-11-10-16(13-18(19)21(23)24)27(25,26)20-17-9-5-4-8-15(17)12-14-6-2-1-3-7-14/h1-11,13,20,22H,12H2. The van der Waals surface area contributed by atoms with Crippen molar-refractivity contribution in [2.45, 2.75) is 11.3 Å². The number of hydrogen-bond donors (Lipinski definition) is 2. The topological polar surface area (TPSA) is 110 Å². The third kappa shape index (κ3) is 4.24. The van der Waals surface area contributed by atoms with Gasteiger partial charge in [-0.05, 0) is 35.7 Å². The molecule has 0 unspecified atom stereocenters. The number of phenols is 1. The molecule has 7 nitrogen and oxygen atoms in total. The first-order chi connectivity index (χ1) is 12.9. The minimum Gasteiger partial charge on any atom is -0.502 e. The van der Waals surface area contributed by atoms with Crippen LogP contribution in [0.15, 0.2) is 77.7 Å². The number of phenolic OH excluding ortho intramolecular Hbond substituents is 1. The van der Waals surface area contributed by atoms with Crippen molar-refractivity contribution in [3.05, 3.63) is 94.0 Å². The summed E-state index contributed by atoms with van der Waals surface area (Å²) in [7, 11) is -4.07. The highest BCUT2D eigenvalue weighted by Gasteiger charge is 2.22. The molecule has 2 N–H and O–H groups in total. The predicted molar refractivity (Wildman–Crippen MR) is 101 cm³/mol. The Morgan fingerprint density at radius 2 is 1.63 bits per heavy atom. The fraction of sp³-hybridized carbons (Fsp3) is 0.0526. The molecular weight excluding hydrogens is 368 g/mol. The first-order valence-corrected chi connectivity index (χ1v) is 9.47. The number of hydrogen-bond acceptors (Lipinski definition) is 5. The van der Waals surface area contributed by atoms with E-state index in [1.165, 1.54) is 0 Å². The molecule has 0 saturated carbocycles. The molecule has 3 rings (SSSR count). The number of benzene rings is 3. The van der Waals surface area contributed by atoms with Crippen LogP contribution >= 0.6 is 0 Å². The van der Waals surface area contributed by atoms with Crippen molar-refractivity contribution in [1.29, 1.82) is 0 Å². The Morgan fingerprint density at radius 1 is 0.963 bits per heavy atom. The summed E-state index contributed by atoms with van der Waals surface area (Å²) in [6, 6.07) is 19.5. The molecule has 0 spiro atoms. The van der Waals surface area contributed by atoms with E-state index in [1.807, 2.05) is 42.5 Å². The van der Waals surface area contributed by atoms with Crippen LogP contribution in [-0.2, 0) is 16.4 Å². The highest BCUT2D eigenvalue weighted by molar-refractivity contribution is 7.92. The lowest BCUT2D eigenvalue weighted by atomic mass is 10.0. The lowest BCUT2D eigenvalue weighted by Crippen LogP contribution is -2.14. The highest BCUT2D eigenvalue weighted by atomic mass is 32.2. The molecule has 0 radical (unpaired) electrons. The summed E-state index contributed by atoms with van der Waals surface area (Å²) in [5.41, 5.74) is 1.50. The summed E-state index contributed by atoms with van der Waals surface area (Å²) >= 11 is 0. The van der Waals surface area contributed by atoms with Gasteiger partial charge in [0.1, 0.15) is 0 Å². The smallest absolute Gasteiger partial charge is 0.312 e. The average molecular weight is 384 g/mol. The molecule has 0 heterocycles.